The van der Waals surface area contributed by atoms with E-state index in [2.05, 4.69) is 24.4 Å². The van der Waals surface area contributed by atoms with Crippen molar-refractivity contribution in [2.75, 3.05) is 19.4 Å². The molecule has 0 aliphatic carbocycles. The molecule has 0 saturated carbocycles. The van der Waals surface area contributed by atoms with Crippen LogP contribution in [0.15, 0.2) is 24.3 Å². The summed E-state index contributed by atoms with van der Waals surface area (Å²) in [6.07, 6.45) is 5.22. The minimum absolute atomic E-state index is 0.485. The lowest BCUT2D eigenvalue weighted by Crippen LogP contribution is -2.19. The van der Waals surface area contributed by atoms with Crippen molar-refractivity contribution < 1.29 is 4.74 Å². The molecule has 1 unspecified atom stereocenters. The van der Waals surface area contributed by atoms with Crippen LogP contribution in [0.25, 0.3) is 6.08 Å². The Morgan fingerprint density at radius 1 is 1.41 bits per heavy atom. The summed E-state index contributed by atoms with van der Waals surface area (Å²) in [7, 11) is 1.96. The molecule has 0 heterocycles. The van der Waals surface area contributed by atoms with Crippen molar-refractivity contribution in [3.8, 4) is 5.75 Å². The highest BCUT2D eigenvalue weighted by atomic mass is 16.5. The fourth-order valence-electron chi connectivity index (χ4n) is 1.52. The molecule has 0 saturated heterocycles. The van der Waals surface area contributed by atoms with Crippen LogP contribution in [0.2, 0.25) is 0 Å². The van der Waals surface area contributed by atoms with Crippen molar-refractivity contribution in [1.82, 2.24) is 5.32 Å². The van der Waals surface area contributed by atoms with Crippen LogP contribution in [0.1, 0.15) is 25.8 Å². The van der Waals surface area contributed by atoms with Gasteiger partial charge in [0.15, 0.2) is 0 Å². The summed E-state index contributed by atoms with van der Waals surface area (Å²) >= 11 is 0. The van der Waals surface area contributed by atoms with Gasteiger partial charge in [0, 0.05) is 17.8 Å². The largest absolute Gasteiger partial charge is 0.494 e. The van der Waals surface area contributed by atoms with Crippen molar-refractivity contribution in [2.45, 2.75) is 26.3 Å². The fraction of sp³-hybridized carbons (Fsp3) is 0.429. The number of nitrogens with one attached hydrogen (secondary N) is 1. The molecule has 3 nitrogen and oxygen atoms in total. The second-order valence-electron chi connectivity index (χ2n) is 4.10. The monoisotopic (exact) mass is 234 g/mol. The number of hydrogen-bond donors (Lipinski definition) is 2. The number of anilines is 1. The molecule has 3 heteroatoms. The molecular weight excluding hydrogens is 212 g/mol. The van der Waals surface area contributed by atoms with Gasteiger partial charge in [-0.15, -0.1) is 0 Å². The minimum atomic E-state index is 0.485. The van der Waals surface area contributed by atoms with Crippen LogP contribution in [-0.2, 0) is 0 Å². The summed E-state index contributed by atoms with van der Waals surface area (Å²) in [5.74, 6) is 0.828. The molecule has 1 atom stereocenters. The first-order valence-electron chi connectivity index (χ1n) is 6.03. The molecule has 17 heavy (non-hydrogen) atoms. The van der Waals surface area contributed by atoms with Gasteiger partial charge in [-0.25, -0.2) is 0 Å². The second kappa shape index (κ2) is 6.97. The predicted molar refractivity (Wildman–Crippen MR) is 74.2 cm³/mol. The van der Waals surface area contributed by atoms with E-state index in [1.165, 1.54) is 0 Å². The van der Waals surface area contributed by atoms with E-state index in [9.17, 15) is 0 Å². The van der Waals surface area contributed by atoms with Crippen LogP contribution in [0, 0.1) is 0 Å². The van der Waals surface area contributed by atoms with Gasteiger partial charge in [0.25, 0.3) is 0 Å². The number of nitrogens with two attached hydrogens (primary N) is 1. The quantitative estimate of drug-likeness (QED) is 0.744. The van der Waals surface area contributed by atoms with E-state index in [4.69, 9.17) is 10.5 Å². The SMILES string of the molecule is CCOc1cc(N)cc(C=CCC(C)NC)c1. The second-order valence-corrected chi connectivity index (χ2v) is 4.10. The topological polar surface area (TPSA) is 47.3 Å². The number of nitrogen functional groups attached to an aromatic ring is 1. The number of ether oxygens (including phenoxy) is 1. The normalized spacial score (nSPS) is 12.9. The van der Waals surface area contributed by atoms with Gasteiger partial charge in [0.2, 0.25) is 0 Å². The third kappa shape index (κ3) is 4.91. The van der Waals surface area contributed by atoms with Gasteiger partial charge < -0.3 is 15.8 Å². The van der Waals surface area contributed by atoms with E-state index in [1.807, 2.05) is 32.2 Å². The van der Waals surface area contributed by atoms with Gasteiger partial charge in [0.05, 0.1) is 6.61 Å². The summed E-state index contributed by atoms with van der Waals surface area (Å²) in [6.45, 7) is 4.77. The van der Waals surface area contributed by atoms with Crippen molar-refractivity contribution in [3.63, 3.8) is 0 Å². The summed E-state index contributed by atoms with van der Waals surface area (Å²) < 4.78 is 5.45. The highest BCUT2D eigenvalue weighted by Gasteiger charge is 1.98. The molecule has 1 aromatic rings. The van der Waals surface area contributed by atoms with Crippen LogP contribution in [-0.4, -0.2) is 19.7 Å². The lowest BCUT2D eigenvalue weighted by atomic mass is 10.1. The number of benzene rings is 1. The molecule has 0 aliphatic rings. The van der Waals surface area contributed by atoms with E-state index in [0.717, 1.165) is 23.4 Å². The fourth-order valence-corrected chi connectivity index (χ4v) is 1.52. The Balaban J connectivity index is 2.70. The Kier molecular flexibility index (Phi) is 5.57. The Morgan fingerprint density at radius 2 is 2.18 bits per heavy atom. The summed E-state index contributed by atoms with van der Waals surface area (Å²) in [5, 5.41) is 3.19. The van der Waals surface area contributed by atoms with Gasteiger partial charge in [-0.05, 0) is 45.0 Å². The Labute approximate surface area is 104 Å². The average molecular weight is 234 g/mol. The highest BCUT2D eigenvalue weighted by molar-refractivity contribution is 5.59. The Bertz CT molecular complexity index is 374. The van der Waals surface area contributed by atoms with E-state index in [1.54, 1.807) is 0 Å². The summed E-state index contributed by atoms with van der Waals surface area (Å²) in [6, 6.07) is 6.28. The number of rotatable bonds is 6. The maximum atomic E-state index is 5.82. The molecule has 0 aromatic heterocycles. The van der Waals surface area contributed by atoms with E-state index in [-0.39, 0.29) is 0 Å². The average Bonchev–Trinajstić information content (AvgIpc) is 2.28. The molecule has 0 spiro atoms. The van der Waals surface area contributed by atoms with E-state index >= 15 is 0 Å². The summed E-state index contributed by atoms with van der Waals surface area (Å²) in [4.78, 5) is 0. The molecule has 3 N–H and O–H groups in total. The van der Waals surface area contributed by atoms with Crippen molar-refractivity contribution >= 4 is 11.8 Å². The van der Waals surface area contributed by atoms with Crippen LogP contribution in [0.5, 0.6) is 5.75 Å². The number of hydrogen-bond acceptors (Lipinski definition) is 3. The van der Waals surface area contributed by atoms with Gasteiger partial charge in [-0.2, -0.15) is 0 Å². The minimum Gasteiger partial charge on any atom is -0.494 e. The Morgan fingerprint density at radius 3 is 2.82 bits per heavy atom. The molecule has 0 fully saturated rings. The first-order valence-corrected chi connectivity index (χ1v) is 6.03. The van der Waals surface area contributed by atoms with Gasteiger partial charge in [0.1, 0.15) is 5.75 Å². The molecule has 0 bridgehead atoms. The van der Waals surface area contributed by atoms with Gasteiger partial charge in [-0.1, -0.05) is 12.2 Å². The van der Waals surface area contributed by atoms with Crippen LogP contribution < -0.4 is 15.8 Å². The predicted octanol–water partition coefficient (Wildman–Crippen LogP) is 2.68. The van der Waals surface area contributed by atoms with E-state index in [0.29, 0.717) is 12.6 Å². The lowest BCUT2D eigenvalue weighted by Gasteiger charge is -2.07. The van der Waals surface area contributed by atoms with Gasteiger partial charge in [-0.3, -0.25) is 0 Å². The van der Waals surface area contributed by atoms with Crippen molar-refractivity contribution in [3.05, 3.63) is 29.8 Å². The maximum absolute atomic E-state index is 5.82. The molecule has 0 radical (unpaired) electrons. The first-order chi connectivity index (χ1) is 8.15. The molecule has 0 aliphatic heterocycles. The zero-order valence-electron chi connectivity index (χ0n) is 10.9. The molecular formula is C14H22N2O. The van der Waals surface area contributed by atoms with Crippen molar-refractivity contribution in [2.24, 2.45) is 0 Å². The van der Waals surface area contributed by atoms with Gasteiger partial charge >= 0.3 is 0 Å². The highest BCUT2D eigenvalue weighted by Crippen LogP contribution is 2.20. The molecule has 0 amide bonds. The van der Waals surface area contributed by atoms with Crippen LogP contribution in [0.4, 0.5) is 5.69 Å². The van der Waals surface area contributed by atoms with E-state index < -0.39 is 0 Å². The zero-order chi connectivity index (χ0) is 12.7. The zero-order valence-corrected chi connectivity index (χ0v) is 10.9. The standard InChI is InChI=1S/C14H22N2O/c1-4-17-14-9-12(8-13(15)10-14)7-5-6-11(2)16-3/h5,7-11,16H,4,6,15H2,1-3H3. The lowest BCUT2D eigenvalue weighted by molar-refractivity contribution is 0.340. The third-order valence-corrected chi connectivity index (χ3v) is 2.55. The van der Waals surface area contributed by atoms with Crippen molar-refractivity contribution in [1.29, 1.82) is 0 Å². The smallest absolute Gasteiger partial charge is 0.121 e. The van der Waals surface area contributed by atoms with Crippen LogP contribution in [0.3, 0.4) is 0 Å². The first kappa shape index (κ1) is 13.6. The molecule has 1 rings (SSSR count). The Hall–Kier alpha value is -1.48. The third-order valence-electron chi connectivity index (χ3n) is 2.55. The summed E-state index contributed by atoms with van der Waals surface area (Å²) in [5.41, 5.74) is 7.64. The van der Waals surface area contributed by atoms with Crippen LogP contribution >= 0.6 is 0 Å². The maximum Gasteiger partial charge on any atom is 0.121 e. The molecule has 94 valence electrons. The molecule has 1 aromatic carbocycles.